The number of nitrogens with zero attached hydrogens (tertiary/aromatic N) is 2. The van der Waals surface area contributed by atoms with Crippen LogP contribution in [0.2, 0.25) is 5.02 Å². The minimum atomic E-state index is 0.00996. The summed E-state index contributed by atoms with van der Waals surface area (Å²) in [6.07, 6.45) is 5.82. The van der Waals surface area contributed by atoms with Crippen molar-refractivity contribution in [3.8, 4) is 16.9 Å². The van der Waals surface area contributed by atoms with E-state index in [0.29, 0.717) is 41.6 Å². The first-order valence-electron chi connectivity index (χ1n) is 11.9. The summed E-state index contributed by atoms with van der Waals surface area (Å²) in [6.45, 7) is 3.48. The van der Waals surface area contributed by atoms with Gasteiger partial charge in [0.15, 0.2) is 5.78 Å². The van der Waals surface area contributed by atoms with E-state index in [4.69, 9.17) is 22.1 Å². The first-order valence-corrected chi connectivity index (χ1v) is 12.3. The van der Waals surface area contributed by atoms with Crippen molar-refractivity contribution in [1.29, 1.82) is 0 Å². The largest absolute Gasteiger partial charge is 0.492 e. The Morgan fingerprint density at radius 2 is 1.81 bits per heavy atom. The number of carbonyl (C=O) groups excluding carboxylic acids is 2. The van der Waals surface area contributed by atoms with Crippen LogP contribution in [-0.4, -0.2) is 54.4 Å². The smallest absolute Gasteiger partial charge is 0.253 e. The topological polar surface area (TPSA) is 97.6 Å². The molecule has 0 unspecified atom stereocenters. The predicted molar refractivity (Wildman–Crippen MR) is 143 cm³/mol. The number of halogens is 1. The van der Waals surface area contributed by atoms with Crippen molar-refractivity contribution in [2.45, 2.75) is 12.8 Å². The molecule has 1 aliphatic rings. The Morgan fingerprint density at radius 1 is 1.06 bits per heavy atom. The number of rotatable bonds is 9. The van der Waals surface area contributed by atoms with E-state index in [9.17, 15) is 9.59 Å². The van der Waals surface area contributed by atoms with E-state index in [1.54, 1.807) is 18.3 Å². The van der Waals surface area contributed by atoms with Gasteiger partial charge in [-0.05, 0) is 71.7 Å². The monoisotopic (exact) mass is 504 g/mol. The highest BCUT2D eigenvalue weighted by molar-refractivity contribution is 6.32. The number of aromatic nitrogens is 1. The first-order chi connectivity index (χ1) is 17.5. The van der Waals surface area contributed by atoms with Crippen molar-refractivity contribution < 1.29 is 14.3 Å². The molecule has 7 nitrogen and oxygen atoms in total. The fourth-order valence-electron chi connectivity index (χ4n) is 3.87. The Labute approximate surface area is 215 Å². The Kier molecular flexibility index (Phi) is 8.71. The lowest BCUT2D eigenvalue weighted by atomic mass is 10.0. The van der Waals surface area contributed by atoms with Crippen LogP contribution in [0, 0.1) is 0 Å². The van der Waals surface area contributed by atoms with Gasteiger partial charge in [0.05, 0.1) is 11.6 Å². The van der Waals surface area contributed by atoms with E-state index in [1.807, 2.05) is 53.4 Å². The van der Waals surface area contributed by atoms with Crippen LogP contribution in [0.1, 0.15) is 28.8 Å². The maximum atomic E-state index is 12.7. The van der Waals surface area contributed by atoms with E-state index in [2.05, 4.69) is 10.3 Å². The number of hydrogen-bond donors (Lipinski definition) is 2. The number of hydrogen-bond acceptors (Lipinski definition) is 6. The van der Waals surface area contributed by atoms with Crippen molar-refractivity contribution in [2.75, 3.05) is 38.5 Å². The van der Waals surface area contributed by atoms with Gasteiger partial charge in [0.2, 0.25) is 0 Å². The SMILES string of the molecule is Nc1ccc(/C=C/C(=O)CCCOc2ccc(-c3ccc(C(=O)N4CCNCC4)cc3)cc2Cl)cn1. The summed E-state index contributed by atoms with van der Waals surface area (Å²) in [5.74, 6) is 1.08. The molecule has 0 atom stereocenters. The minimum Gasteiger partial charge on any atom is -0.492 e. The van der Waals surface area contributed by atoms with Gasteiger partial charge in [-0.25, -0.2) is 4.98 Å². The fraction of sp³-hybridized carbons (Fsp3) is 0.250. The number of piperazine rings is 1. The Bertz CT molecular complexity index is 1220. The lowest BCUT2D eigenvalue weighted by Crippen LogP contribution is -2.46. The number of nitrogens with two attached hydrogens (primary N) is 1. The summed E-state index contributed by atoms with van der Waals surface area (Å²) in [6, 6.07) is 16.7. The van der Waals surface area contributed by atoms with Gasteiger partial charge in [-0.3, -0.25) is 9.59 Å². The Morgan fingerprint density at radius 3 is 2.50 bits per heavy atom. The highest BCUT2D eigenvalue weighted by Crippen LogP contribution is 2.31. The second kappa shape index (κ2) is 12.3. The molecule has 0 bridgehead atoms. The van der Waals surface area contributed by atoms with Gasteiger partial charge in [0.1, 0.15) is 11.6 Å². The lowest BCUT2D eigenvalue weighted by molar-refractivity contribution is -0.114. The molecule has 3 N–H and O–H groups in total. The molecule has 3 aromatic rings. The van der Waals surface area contributed by atoms with Gasteiger partial charge in [-0.1, -0.05) is 29.8 Å². The fourth-order valence-corrected chi connectivity index (χ4v) is 4.10. The quantitative estimate of drug-likeness (QED) is 0.329. The number of allylic oxidation sites excluding steroid dienone is 1. The van der Waals surface area contributed by atoms with Crippen LogP contribution in [0.5, 0.6) is 5.75 Å². The van der Waals surface area contributed by atoms with Gasteiger partial charge < -0.3 is 20.7 Å². The summed E-state index contributed by atoms with van der Waals surface area (Å²) < 4.78 is 5.78. The molecule has 2 heterocycles. The number of carbonyl (C=O) groups is 2. The molecular formula is C28H29ClN4O3. The predicted octanol–water partition coefficient (Wildman–Crippen LogP) is 4.47. The number of amides is 1. The number of pyridine rings is 1. The van der Waals surface area contributed by atoms with Crippen LogP contribution in [0.25, 0.3) is 17.2 Å². The van der Waals surface area contributed by atoms with E-state index in [1.165, 1.54) is 6.08 Å². The number of ether oxygens (including phenoxy) is 1. The number of nitrogen functional groups attached to an aromatic ring is 1. The maximum Gasteiger partial charge on any atom is 0.253 e. The minimum absolute atomic E-state index is 0.00996. The van der Waals surface area contributed by atoms with Crippen LogP contribution >= 0.6 is 11.6 Å². The Balaban J connectivity index is 1.26. The molecule has 0 saturated carbocycles. The third-order valence-electron chi connectivity index (χ3n) is 5.90. The maximum absolute atomic E-state index is 12.7. The molecule has 186 valence electrons. The van der Waals surface area contributed by atoms with E-state index >= 15 is 0 Å². The van der Waals surface area contributed by atoms with E-state index in [0.717, 1.165) is 42.9 Å². The molecule has 1 amide bonds. The molecule has 1 saturated heterocycles. The molecule has 8 heteroatoms. The van der Waals surface area contributed by atoms with Gasteiger partial charge in [-0.2, -0.15) is 0 Å². The number of anilines is 1. The zero-order valence-electron chi connectivity index (χ0n) is 20.0. The van der Waals surface area contributed by atoms with Crippen LogP contribution in [0.4, 0.5) is 5.82 Å². The normalized spacial score (nSPS) is 13.6. The third kappa shape index (κ3) is 6.93. The highest BCUT2D eigenvalue weighted by atomic mass is 35.5. The molecule has 4 rings (SSSR count). The molecule has 1 aliphatic heterocycles. The average molecular weight is 505 g/mol. The molecule has 0 aliphatic carbocycles. The van der Waals surface area contributed by atoms with E-state index < -0.39 is 0 Å². The molecule has 0 radical (unpaired) electrons. The summed E-state index contributed by atoms with van der Waals surface area (Å²) in [7, 11) is 0. The van der Waals surface area contributed by atoms with Crippen molar-refractivity contribution in [3.63, 3.8) is 0 Å². The van der Waals surface area contributed by atoms with Crippen molar-refractivity contribution in [1.82, 2.24) is 15.2 Å². The summed E-state index contributed by atoms with van der Waals surface area (Å²) in [5.41, 5.74) is 8.96. The number of benzene rings is 2. The molecule has 1 fully saturated rings. The van der Waals surface area contributed by atoms with Crippen LogP contribution in [0.3, 0.4) is 0 Å². The number of ketones is 1. The molecule has 2 aromatic carbocycles. The zero-order chi connectivity index (χ0) is 25.3. The first kappa shape index (κ1) is 25.4. The van der Waals surface area contributed by atoms with Crippen molar-refractivity contribution in [2.24, 2.45) is 0 Å². The second-order valence-corrected chi connectivity index (χ2v) is 8.94. The summed E-state index contributed by atoms with van der Waals surface area (Å²) in [4.78, 5) is 30.6. The van der Waals surface area contributed by atoms with Crippen molar-refractivity contribution >= 4 is 35.2 Å². The standard InChI is InChI=1S/C28H29ClN4O3/c29-25-18-23(21-5-7-22(8-6-21)28(35)33-15-13-31-14-16-33)9-11-26(25)36-17-1-2-24(34)10-3-20-4-12-27(30)32-19-20/h3-12,18-19,31H,1-2,13-17H2,(H2,30,32)/b10-3+. The molecule has 36 heavy (non-hydrogen) atoms. The van der Waals surface area contributed by atoms with Gasteiger partial charge >= 0.3 is 0 Å². The van der Waals surface area contributed by atoms with Crippen LogP contribution < -0.4 is 15.8 Å². The summed E-state index contributed by atoms with van der Waals surface area (Å²) >= 11 is 6.45. The van der Waals surface area contributed by atoms with Crippen LogP contribution in [-0.2, 0) is 4.79 Å². The van der Waals surface area contributed by atoms with Gasteiger partial charge in [-0.15, -0.1) is 0 Å². The third-order valence-corrected chi connectivity index (χ3v) is 6.19. The molecular weight excluding hydrogens is 476 g/mol. The molecule has 0 spiro atoms. The Hall–Kier alpha value is -3.68. The highest BCUT2D eigenvalue weighted by Gasteiger charge is 2.17. The number of nitrogens with one attached hydrogen (secondary N) is 1. The zero-order valence-corrected chi connectivity index (χ0v) is 20.7. The van der Waals surface area contributed by atoms with E-state index in [-0.39, 0.29) is 11.7 Å². The lowest BCUT2D eigenvalue weighted by Gasteiger charge is -2.27. The van der Waals surface area contributed by atoms with Crippen molar-refractivity contribution in [3.05, 3.63) is 83.0 Å². The van der Waals surface area contributed by atoms with Crippen LogP contribution in [0.15, 0.2) is 66.9 Å². The van der Waals surface area contributed by atoms with Gasteiger partial charge in [0, 0.05) is 44.4 Å². The second-order valence-electron chi connectivity index (χ2n) is 8.53. The average Bonchev–Trinajstić information content (AvgIpc) is 2.91. The summed E-state index contributed by atoms with van der Waals surface area (Å²) in [5, 5.41) is 3.75. The molecule has 1 aromatic heterocycles. The van der Waals surface area contributed by atoms with Gasteiger partial charge in [0.25, 0.3) is 5.91 Å².